The predicted octanol–water partition coefficient (Wildman–Crippen LogP) is 3.45. The zero-order valence-electron chi connectivity index (χ0n) is 13.7. The molecule has 0 N–H and O–H groups in total. The van der Waals surface area contributed by atoms with Crippen molar-refractivity contribution >= 4 is 23.2 Å². The number of hydrogen-bond donors (Lipinski definition) is 0. The van der Waals surface area contributed by atoms with Crippen LogP contribution in [0.4, 0.5) is 5.69 Å². The first-order valence-electron chi connectivity index (χ1n) is 8.07. The molecule has 24 heavy (non-hydrogen) atoms. The van der Waals surface area contributed by atoms with Crippen LogP contribution in [0.3, 0.4) is 0 Å². The van der Waals surface area contributed by atoms with Crippen molar-refractivity contribution in [3.63, 3.8) is 0 Å². The molecule has 1 amide bonds. The Bertz CT molecular complexity index is 714. The maximum atomic E-state index is 12.6. The molecule has 0 atom stereocenters. The second-order valence-corrected chi connectivity index (χ2v) is 6.34. The number of halogens is 1. The SMILES string of the molecule is CN(Cc1ccccc1N1CCOCC1)C(=O)c1cccc(Cl)c1. The van der Waals surface area contributed by atoms with Crippen molar-refractivity contribution in [2.45, 2.75) is 6.54 Å². The predicted molar refractivity (Wildman–Crippen MR) is 96.7 cm³/mol. The molecule has 1 aliphatic heterocycles. The van der Waals surface area contributed by atoms with Gasteiger partial charge in [0.05, 0.1) is 13.2 Å². The third-order valence-corrected chi connectivity index (χ3v) is 4.40. The number of benzene rings is 2. The Morgan fingerprint density at radius 1 is 1.17 bits per heavy atom. The van der Waals surface area contributed by atoms with Crippen LogP contribution in [0.5, 0.6) is 0 Å². The molecular weight excluding hydrogens is 324 g/mol. The van der Waals surface area contributed by atoms with Crippen molar-refractivity contribution in [3.05, 3.63) is 64.7 Å². The fourth-order valence-electron chi connectivity index (χ4n) is 2.93. The molecule has 126 valence electrons. The van der Waals surface area contributed by atoms with Crippen molar-refractivity contribution in [3.8, 4) is 0 Å². The molecule has 1 fully saturated rings. The first kappa shape index (κ1) is 16.8. The minimum absolute atomic E-state index is 0.0331. The summed E-state index contributed by atoms with van der Waals surface area (Å²) in [6.07, 6.45) is 0. The van der Waals surface area contributed by atoms with Gasteiger partial charge >= 0.3 is 0 Å². The summed E-state index contributed by atoms with van der Waals surface area (Å²) in [7, 11) is 1.82. The molecule has 2 aromatic rings. The molecule has 2 aromatic carbocycles. The first-order chi connectivity index (χ1) is 11.6. The number of hydrogen-bond acceptors (Lipinski definition) is 3. The molecule has 5 heteroatoms. The first-order valence-corrected chi connectivity index (χ1v) is 8.44. The van der Waals surface area contributed by atoms with Gasteiger partial charge in [0.25, 0.3) is 5.91 Å². The largest absolute Gasteiger partial charge is 0.378 e. The van der Waals surface area contributed by atoms with Crippen LogP contribution in [0, 0.1) is 0 Å². The zero-order chi connectivity index (χ0) is 16.9. The molecule has 0 unspecified atom stereocenters. The van der Waals surface area contributed by atoms with E-state index in [9.17, 15) is 4.79 Å². The average Bonchev–Trinajstić information content (AvgIpc) is 2.62. The van der Waals surface area contributed by atoms with E-state index < -0.39 is 0 Å². The third-order valence-electron chi connectivity index (χ3n) is 4.17. The van der Waals surface area contributed by atoms with Crippen LogP contribution in [0.2, 0.25) is 5.02 Å². The van der Waals surface area contributed by atoms with E-state index in [2.05, 4.69) is 17.0 Å². The third kappa shape index (κ3) is 3.89. The number of carbonyl (C=O) groups is 1. The van der Waals surface area contributed by atoms with Gasteiger partial charge in [-0.2, -0.15) is 0 Å². The van der Waals surface area contributed by atoms with Gasteiger partial charge in [0, 0.05) is 43.0 Å². The van der Waals surface area contributed by atoms with Crippen LogP contribution in [0.25, 0.3) is 0 Å². The van der Waals surface area contributed by atoms with Crippen molar-refractivity contribution in [2.75, 3.05) is 38.3 Å². The number of anilines is 1. The van der Waals surface area contributed by atoms with Crippen molar-refractivity contribution in [1.29, 1.82) is 0 Å². The lowest BCUT2D eigenvalue weighted by Crippen LogP contribution is -2.37. The average molecular weight is 345 g/mol. The lowest BCUT2D eigenvalue weighted by Gasteiger charge is -2.31. The summed E-state index contributed by atoms with van der Waals surface area (Å²) in [5.74, 6) is -0.0331. The van der Waals surface area contributed by atoms with Gasteiger partial charge in [0.1, 0.15) is 0 Å². The monoisotopic (exact) mass is 344 g/mol. The number of morpholine rings is 1. The van der Waals surface area contributed by atoms with Gasteiger partial charge in [0.2, 0.25) is 0 Å². The molecule has 0 aromatic heterocycles. The van der Waals surface area contributed by atoms with E-state index >= 15 is 0 Å². The minimum Gasteiger partial charge on any atom is -0.378 e. The van der Waals surface area contributed by atoms with Gasteiger partial charge in [-0.25, -0.2) is 0 Å². The van der Waals surface area contributed by atoms with E-state index in [4.69, 9.17) is 16.3 Å². The molecule has 4 nitrogen and oxygen atoms in total. The Balaban J connectivity index is 1.76. The van der Waals surface area contributed by atoms with Crippen LogP contribution >= 0.6 is 11.6 Å². The summed E-state index contributed by atoms with van der Waals surface area (Å²) in [6.45, 7) is 3.79. The summed E-state index contributed by atoms with van der Waals surface area (Å²) in [5.41, 5.74) is 2.91. The highest BCUT2D eigenvalue weighted by molar-refractivity contribution is 6.30. The number of amides is 1. The minimum atomic E-state index is -0.0331. The maximum Gasteiger partial charge on any atom is 0.253 e. The van der Waals surface area contributed by atoms with Crippen LogP contribution in [0.15, 0.2) is 48.5 Å². The zero-order valence-corrected chi connectivity index (χ0v) is 14.5. The summed E-state index contributed by atoms with van der Waals surface area (Å²) in [6, 6.07) is 15.3. The summed E-state index contributed by atoms with van der Waals surface area (Å²) < 4.78 is 5.43. The lowest BCUT2D eigenvalue weighted by molar-refractivity contribution is 0.0785. The number of para-hydroxylation sites is 1. The summed E-state index contributed by atoms with van der Waals surface area (Å²) in [4.78, 5) is 16.7. The van der Waals surface area contributed by atoms with Crippen molar-refractivity contribution < 1.29 is 9.53 Å². The van der Waals surface area contributed by atoms with E-state index in [0.717, 1.165) is 31.9 Å². The van der Waals surface area contributed by atoms with Gasteiger partial charge < -0.3 is 14.5 Å². The highest BCUT2D eigenvalue weighted by Gasteiger charge is 2.17. The fraction of sp³-hybridized carbons (Fsp3) is 0.316. The van der Waals surface area contributed by atoms with Gasteiger partial charge in [-0.05, 0) is 29.8 Å². The number of carbonyl (C=O) groups excluding carboxylic acids is 1. The maximum absolute atomic E-state index is 12.6. The molecule has 0 radical (unpaired) electrons. The van der Waals surface area contributed by atoms with E-state index in [1.807, 2.05) is 19.2 Å². The normalized spacial score (nSPS) is 14.5. The van der Waals surface area contributed by atoms with Gasteiger partial charge in [-0.15, -0.1) is 0 Å². The smallest absolute Gasteiger partial charge is 0.253 e. The molecular formula is C19H21ClN2O2. The number of ether oxygens (including phenoxy) is 1. The van der Waals surface area contributed by atoms with Gasteiger partial charge in [-0.3, -0.25) is 4.79 Å². The van der Waals surface area contributed by atoms with E-state index in [0.29, 0.717) is 17.1 Å². The van der Waals surface area contributed by atoms with Crippen LogP contribution in [-0.4, -0.2) is 44.2 Å². The highest BCUT2D eigenvalue weighted by atomic mass is 35.5. The molecule has 0 saturated carbocycles. The van der Waals surface area contributed by atoms with E-state index in [1.54, 1.807) is 29.2 Å². The highest BCUT2D eigenvalue weighted by Crippen LogP contribution is 2.23. The molecule has 0 aliphatic carbocycles. The Morgan fingerprint density at radius 3 is 2.67 bits per heavy atom. The molecule has 0 spiro atoms. The summed E-state index contributed by atoms with van der Waals surface area (Å²) in [5, 5.41) is 0.572. The Labute approximate surface area is 147 Å². The fourth-order valence-corrected chi connectivity index (χ4v) is 3.12. The van der Waals surface area contributed by atoms with Crippen LogP contribution < -0.4 is 4.90 Å². The van der Waals surface area contributed by atoms with E-state index in [-0.39, 0.29) is 5.91 Å². The van der Waals surface area contributed by atoms with E-state index in [1.165, 1.54) is 5.69 Å². The van der Waals surface area contributed by atoms with Crippen LogP contribution in [0.1, 0.15) is 15.9 Å². The van der Waals surface area contributed by atoms with Crippen molar-refractivity contribution in [1.82, 2.24) is 4.90 Å². The van der Waals surface area contributed by atoms with Crippen LogP contribution in [-0.2, 0) is 11.3 Å². The summed E-state index contributed by atoms with van der Waals surface area (Å²) >= 11 is 5.99. The van der Waals surface area contributed by atoms with Gasteiger partial charge in [-0.1, -0.05) is 35.9 Å². The molecule has 1 saturated heterocycles. The quantitative estimate of drug-likeness (QED) is 0.851. The lowest BCUT2D eigenvalue weighted by atomic mass is 10.1. The number of nitrogens with zero attached hydrogens (tertiary/aromatic N) is 2. The molecule has 3 rings (SSSR count). The standard InChI is InChI=1S/C19H21ClN2O2/c1-21(19(23)15-6-4-7-17(20)13-15)14-16-5-2-3-8-18(16)22-9-11-24-12-10-22/h2-8,13H,9-12,14H2,1H3. The van der Waals surface area contributed by atoms with Gasteiger partial charge in [0.15, 0.2) is 0 Å². The second-order valence-electron chi connectivity index (χ2n) is 5.90. The topological polar surface area (TPSA) is 32.8 Å². The molecule has 0 bridgehead atoms. The number of rotatable bonds is 4. The molecule has 1 heterocycles. The Morgan fingerprint density at radius 2 is 1.92 bits per heavy atom. The molecule has 1 aliphatic rings. The van der Waals surface area contributed by atoms with Crippen molar-refractivity contribution in [2.24, 2.45) is 0 Å². The second kappa shape index (κ2) is 7.69. The Kier molecular flexibility index (Phi) is 5.38. The Hall–Kier alpha value is -2.04.